The van der Waals surface area contributed by atoms with Crippen molar-refractivity contribution in [1.82, 2.24) is 4.57 Å². The predicted molar refractivity (Wildman–Crippen MR) is 150 cm³/mol. The zero-order valence-electron chi connectivity index (χ0n) is 21.7. The molecule has 0 fully saturated rings. The summed E-state index contributed by atoms with van der Waals surface area (Å²) < 4.78 is 64.2. The third-order valence-corrected chi connectivity index (χ3v) is 9.15. The third kappa shape index (κ3) is 6.58. The number of carbonyl (C=O) groups is 2. The number of esters is 1. The van der Waals surface area contributed by atoms with Crippen LogP contribution in [0.4, 0.5) is 5.69 Å². The van der Waals surface area contributed by atoms with Gasteiger partial charge in [-0.1, -0.05) is 17.4 Å². The maximum atomic E-state index is 13.2. The molecule has 14 heteroatoms. The van der Waals surface area contributed by atoms with Crippen LogP contribution >= 0.6 is 11.3 Å². The molecule has 0 aliphatic heterocycles. The lowest BCUT2D eigenvalue weighted by Crippen LogP contribution is -2.23. The minimum absolute atomic E-state index is 0.00784. The lowest BCUT2D eigenvalue weighted by molar-refractivity contribution is -0.143. The van der Waals surface area contributed by atoms with Crippen LogP contribution in [0.15, 0.2) is 81.5 Å². The van der Waals surface area contributed by atoms with Crippen LogP contribution in [0, 0.1) is 0 Å². The summed E-state index contributed by atoms with van der Waals surface area (Å²) in [6, 6.07) is 16.0. The van der Waals surface area contributed by atoms with Crippen molar-refractivity contribution in [2.75, 3.05) is 24.7 Å². The summed E-state index contributed by atoms with van der Waals surface area (Å²) in [4.78, 5) is 29.9. The number of rotatable bonds is 9. The van der Waals surface area contributed by atoms with Gasteiger partial charge in [-0.05, 0) is 67.6 Å². The fraction of sp³-hybridized carbons (Fsp3) is 0.192. The van der Waals surface area contributed by atoms with Gasteiger partial charge < -0.3 is 14.0 Å². The summed E-state index contributed by atoms with van der Waals surface area (Å²) in [6.07, 6.45) is 1.08. The van der Waals surface area contributed by atoms with Crippen molar-refractivity contribution in [1.29, 1.82) is 0 Å². The van der Waals surface area contributed by atoms with Gasteiger partial charge in [-0.25, -0.2) is 16.8 Å². The first-order valence-electron chi connectivity index (χ1n) is 11.8. The molecule has 4 rings (SSSR count). The number of amides is 1. The van der Waals surface area contributed by atoms with Crippen molar-refractivity contribution >= 4 is 59.0 Å². The molecule has 4 aromatic rings. The second kappa shape index (κ2) is 11.6. The van der Waals surface area contributed by atoms with Crippen molar-refractivity contribution in [2.45, 2.75) is 23.3 Å². The molecular formula is C26H25N3O8S3. The average molecular weight is 604 g/mol. The lowest BCUT2D eigenvalue weighted by atomic mass is 10.2. The van der Waals surface area contributed by atoms with Crippen molar-refractivity contribution in [3.8, 4) is 5.75 Å². The number of aromatic nitrogens is 1. The Morgan fingerprint density at radius 3 is 2.33 bits per heavy atom. The van der Waals surface area contributed by atoms with E-state index in [1.807, 2.05) is 0 Å². The molecular weight excluding hydrogens is 579 g/mol. The molecule has 0 unspecified atom stereocenters. The van der Waals surface area contributed by atoms with Gasteiger partial charge in [0.25, 0.3) is 15.9 Å². The Kier molecular flexibility index (Phi) is 8.42. The number of hydrogen-bond donors (Lipinski definition) is 1. The van der Waals surface area contributed by atoms with Gasteiger partial charge in [-0.3, -0.25) is 14.3 Å². The van der Waals surface area contributed by atoms with Gasteiger partial charge in [0.15, 0.2) is 14.6 Å². The highest BCUT2D eigenvalue weighted by molar-refractivity contribution is 7.92. The first-order chi connectivity index (χ1) is 18.9. The van der Waals surface area contributed by atoms with Crippen LogP contribution in [0.2, 0.25) is 0 Å². The molecule has 0 radical (unpaired) electrons. The summed E-state index contributed by atoms with van der Waals surface area (Å²) >= 11 is 1.03. The predicted octanol–water partition coefficient (Wildman–Crippen LogP) is 3.22. The molecule has 0 bridgehead atoms. The summed E-state index contributed by atoms with van der Waals surface area (Å²) in [6.45, 7) is 1.57. The van der Waals surface area contributed by atoms with E-state index in [-0.39, 0.29) is 39.0 Å². The van der Waals surface area contributed by atoms with Crippen LogP contribution in [-0.4, -0.2) is 53.3 Å². The molecule has 0 saturated carbocycles. The molecule has 0 aliphatic carbocycles. The maximum absolute atomic E-state index is 13.2. The van der Waals surface area contributed by atoms with Gasteiger partial charge >= 0.3 is 5.97 Å². The number of ether oxygens (including phenoxy) is 2. The Morgan fingerprint density at radius 1 is 0.975 bits per heavy atom. The average Bonchev–Trinajstić information content (AvgIpc) is 3.24. The molecule has 1 amide bonds. The number of sulfonamides is 1. The highest BCUT2D eigenvalue weighted by atomic mass is 32.2. The van der Waals surface area contributed by atoms with Gasteiger partial charge in [-0.2, -0.15) is 4.99 Å². The lowest BCUT2D eigenvalue weighted by Gasteiger charge is -2.09. The topological polar surface area (TPSA) is 150 Å². The summed E-state index contributed by atoms with van der Waals surface area (Å²) in [5, 5.41) is 0. The zero-order valence-corrected chi connectivity index (χ0v) is 24.1. The second-order valence-corrected chi connectivity index (χ2v) is 13.2. The van der Waals surface area contributed by atoms with E-state index in [4.69, 9.17) is 9.47 Å². The fourth-order valence-corrected chi connectivity index (χ4v) is 6.53. The zero-order chi connectivity index (χ0) is 29.1. The minimum atomic E-state index is -3.95. The number of sulfone groups is 1. The molecule has 1 N–H and O–H groups in total. The van der Waals surface area contributed by atoms with Crippen molar-refractivity contribution < 1.29 is 35.9 Å². The minimum Gasteiger partial charge on any atom is -0.497 e. The SMILES string of the molecule is CCOC(=O)Cn1c(=NC(=O)c2cccc(NS(=O)(=O)c3ccc(OC)cc3)c2)sc2cc(S(C)(=O)=O)ccc21. The molecule has 0 atom stereocenters. The van der Waals surface area contributed by atoms with Crippen LogP contribution in [0.5, 0.6) is 5.75 Å². The van der Waals surface area contributed by atoms with Crippen molar-refractivity contribution in [3.05, 3.63) is 77.1 Å². The highest BCUT2D eigenvalue weighted by Gasteiger charge is 2.18. The Balaban J connectivity index is 1.70. The first kappa shape index (κ1) is 29.0. The molecule has 0 saturated heterocycles. The number of nitrogens with one attached hydrogen (secondary N) is 1. The van der Waals surface area contributed by atoms with Crippen molar-refractivity contribution in [3.63, 3.8) is 0 Å². The van der Waals surface area contributed by atoms with E-state index in [2.05, 4.69) is 9.71 Å². The van der Waals surface area contributed by atoms with E-state index in [9.17, 15) is 26.4 Å². The Hall–Kier alpha value is -4.01. The van der Waals surface area contributed by atoms with Gasteiger partial charge in [0.1, 0.15) is 12.3 Å². The Labute approximate surface area is 234 Å². The van der Waals surface area contributed by atoms with Gasteiger partial charge in [-0.15, -0.1) is 0 Å². The molecule has 210 valence electrons. The number of methoxy groups -OCH3 is 1. The standard InChI is InChI=1S/C26H25N3O8S3/c1-4-37-24(30)16-29-22-13-12-21(39(3,32)33)15-23(22)38-26(29)27-25(31)17-6-5-7-18(14-17)28-40(34,35)20-10-8-19(36-2)9-11-20/h5-15,28H,4,16H2,1-3H3. The molecule has 0 spiro atoms. The first-order valence-corrected chi connectivity index (χ1v) is 16.0. The number of benzene rings is 3. The van der Waals surface area contributed by atoms with Crippen LogP contribution < -0.4 is 14.3 Å². The second-order valence-electron chi connectivity index (χ2n) is 8.46. The number of thiazole rings is 1. The van der Waals surface area contributed by atoms with Crippen LogP contribution in [0.3, 0.4) is 0 Å². The van der Waals surface area contributed by atoms with E-state index in [1.54, 1.807) is 13.0 Å². The largest absolute Gasteiger partial charge is 0.497 e. The van der Waals surface area contributed by atoms with Crippen LogP contribution in [0.1, 0.15) is 17.3 Å². The number of fused-ring (bicyclic) bond motifs is 1. The third-order valence-electron chi connectivity index (χ3n) is 5.60. The van der Waals surface area contributed by atoms with E-state index in [0.717, 1.165) is 17.6 Å². The molecule has 3 aromatic carbocycles. The summed E-state index contributed by atoms with van der Waals surface area (Å²) in [5.41, 5.74) is 0.732. The Bertz CT molecular complexity index is 1870. The highest BCUT2D eigenvalue weighted by Crippen LogP contribution is 2.23. The number of nitrogens with zero attached hydrogens (tertiary/aromatic N) is 2. The molecule has 0 aliphatic rings. The van der Waals surface area contributed by atoms with Gasteiger partial charge in [0.2, 0.25) is 0 Å². The van der Waals surface area contributed by atoms with E-state index >= 15 is 0 Å². The monoisotopic (exact) mass is 603 g/mol. The summed E-state index contributed by atoms with van der Waals surface area (Å²) in [5.74, 6) is -0.752. The number of hydrogen-bond acceptors (Lipinski definition) is 9. The summed E-state index contributed by atoms with van der Waals surface area (Å²) in [7, 11) is -5.97. The normalized spacial score (nSPS) is 12.3. The number of anilines is 1. The molecule has 1 heterocycles. The van der Waals surface area contributed by atoms with E-state index < -0.39 is 31.7 Å². The van der Waals surface area contributed by atoms with Crippen LogP contribution in [-0.2, 0) is 35.9 Å². The molecule has 1 aromatic heterocycles. The van der Waals surface area contributed by atoms with Crippen LogP contribution in [0.25, 0.3) is 10.2 Å². The quantitative estimate of drug-likeness (QED) is 0.287. The van der Waals surface area contributed by atoms with Gasteiger partial charge in [0, 0.05) is 17.5 Å². The van der Waals surface area contributed by atoms with E-state index in [0.29, 0.717) is 16.0 Å². The maximum Gasteiger partial charge on any atom is 0.326 e. The smallest absolute Gasteiger partial charge is 0.326 e. The fourth-order valence-electron chi connectivity index (χ4n) is 3.69. The Morgan fingerprint density at radius 2 is 1.68 bits per heavy atom. The van der Waals surface area contributed by atoms with Crippen molar-refractivity contribution in [2.24, 2.45) is 4.99 Å². The molecule has 11 nitrogen and oxygen atoms in total. The number of carbonyl (C=O) groups excluding carboxylic acids is 2. The molecule has 40 heavy (non-hydrogen) atoms. The van der Waals surface area contributed by atoms with E-state index in [1.165, 1.54) is 72.3 Å². The van der Waals surface area contributed by atoms with Gasteiger partial charge in [0.05, 0.1) is 33.7 Å².